The average molecular weight is 410 g/mol. The van der Waals surface area contributed by atoms with Crippen LogP contribution in [0.15, 0.2) is 48.5 Å². The smallest absolute Gasteiger partial charge is 0.234 e. The van der Waals surface area contributed by atoms with Gasteiger partial charge in [0.15, 0.2) is 5.13 Å². The number of ether oxygens (including phenoxy) is 1. The van der Waals surface area contributed by atoms with Gasteiger partial charge in [-0.25, -0.2) is 4.98 Å². The number of methoxy groups -OCH3 is 1. The molecule has 0 N–H and O–H groups in total. The maximum Gasteiger partial charge on any atom is 0.234 e. The predicted octanol–water partition coefficient (Wildman–Crippen LogP) is 3.71. The molecule has 2 amide bonds. The van der Waals surface area contributed by atoms with Crippen molar-refractivity contribution < 1.29 is 14.3 Å². The maximum atomic E-state index is 13.4. The Bertz CT molecular complexity index is 1030. The Balaban J connectivity index is 1.68. The summed E-state index contributed by atoms with van der Waals surface area (Å²) >= 11 is 1.46. The molecule has 0 saturated carbocycles. The van der Waals surface area contributed by atoms with Crippen LogP contribution in [-0.2, 0) is 16.1 Å². The number of likely N-dealkylation sites (tertiary alicyclic amines) is 1. The van der Waals surface area contributed by atoms with Crippen molar-refractivity contribution in [1.29, 1.82) is 0 Å². The van der Waals surface area contributed by atoms with Crippen molar-refractivity contribution >= 4 is 38.5 Å². The van der Waals surface area contributed by atoms with Gasteiger partial charge in [-0.1, -0.05) is 41.7 Å². The summed E-state index contributed by atoms with van der Waals surface area (Å²) in [5.41, 5.74) is 1.85. The van der Waals surface area contributed by atoms with Gasteiger partial charge in [-0.3, -0.25) is 14.5 Å². The standard InChI is InChI=1S/C22H23N3O3S/c1-3-24-14-16(11-20(24)26)21(27)25(13-15-7-5-4-6-8-15)22-23-18-10-9-17(28-2)12-19(18)29-22/h4-10,12,16H,3,11,13-14H2,1-2H3. The Morgan fingerprint density at radius 3 is 2.76 bits per heavy atom. The van der Waals surface area contributed by atoms with Crippen LogP contribution in [0.2, 0.25) is 0 Å². The van der Waals surface area contributed by atoms with Gasteiger partial charge in [0.1, 0.15) is 5.75 Å². The second kappa shape index (κ2) is 8.21. The summed E-state index contributed by atoms with van der Waals surface area (Å²) in [7, 11) is 1.63. The molecule has 0 bridgehead atoms. The summed E-state index contributed by atoms with van der Waals surface area (Å²) in [6.07, 6.45) is 0.261. The molecule has 1 atom stereocenters. The second-order valence-corrected chi connectivity index (χ2v) is 8.08. The zero-order valence-corrected chi connectivity index (χ0v) is 17.3. The van der Waals surface area contributed by atoms with E-state index in [1.165, 1.54) is 11.3 Å². The van der Waals surface area contributed by atoms with Crippen LogP contribution in [0.1, 0.15) is 18.9 Å². The fourth-order valence-electron chi connectivity index (χ4n) is 3.60. The molecule has 1 aliphatic rings. The van der Waals surface area contributed by atoms with Crippen LogP contribution in [0.25, 0.3) is 10.2 Å². The van der Waals surface area contributed by atoms with E-state index in [1.54, 1.807) is 16.9 Å². The summed E-state index contributed by atoms with van der Waals surface area (Å²) in [4.78, 5) is 33.8. The molecule has 1 aromatic heterocycles. The van der Waals surface area contributed by atoms with Crippen LogP contribution in [0, 0.1) is 5.92 Å². The highest BCUT2D eigenvalue weighted by atomic mass is 32.1. The number of hydrogen-bond donors (Lipinski definition) is 0. The van der Waals surface area contributed by atoms with Gasteiger partial charge < -0.3 is 9.64 Å². The first-order valence-corrected chi connectivity index (χ1v) is 10.5. The highest BCUT2D eigenvalue weighted by Gasteiger charge is 2.37. The van der Waals surface area contributed by atoms with Crippen molar-refractivity contribution in [2.45, 2.75) is 19.9 Å². The van der Waals surface area contributed by atoms with E-state index in [9.17, 15) is 9.59 Å². The third-order valence-electron chi connectivity index (χ3n) is 5.21. The molecule has 1 aliphatic heterocycles. The first kappa shape index (κ1) is 19.4. The number of carbonyl (C=O) groups excluding carboxylic acids is 2. The summed E-state index contributed by atoms with van der Waals surface area (Å²) in [6.45, 7) is 3.46. The number of amides is 2. The molecule has 7 heteroatoms. The number of aromatic nitrogens is 1. The van der Waals surface area contributed by atoms with E-state index in [4.69, 9.17) is 9.72 Å². The van der Waals surface area contributed by atoms with E-state index in [0.717, 1.165) is 21.5 Å². The summed E-state index contributed by atoms with van der Waals surface area (Å²) in [6, 6.07) is 15.6. The molecule has 4 rings (SSSR count). The zero-order valence-electron chi connectivity index (χ0n) is 16.5. The number of thiazole rings is 1. The Hall–Kier alpha value is -2.93. The van der Waals surface area contributed by atoms with Gasteiger partial charge in [0, 0.05) is 19.5 Å². The van der Waals surface area contributed by atoms with Gasteiger partial charge in [0.2, 0.25) is 11.8 Å². The minimum atomic E-state index is -0.340. The molecule has 1 fully saturated rings. The molecule has 0 radical (unpaired) electrons. The quantitative estimate of drug-likeness (QED) is 0.623. The third kappa shape index (κ3) is 3.96. The molecule has 6 nitrogen and oxygen atoms in total. The van der Waals surface area contributed by atoms with E-state index in [2.05, 4.69) is 0 Å². The molecular formula is C22H23N3O3S. The zero-order chi connectivity index (χ0) is 20.4. The largest absolute Gasteiger partial charge is 0.497 e. The van der Waals surface area contributed by atoms with Crippen molar-refractivity contribution in [3.05, 3.63) is 54.1 Å². The number of anilines is 1. The predicted molar refractivity (Wildman–Crippen MR) is 114 cm³/mol. The second-order valence-electron chi connectivity index (χ2n) is 7.07. The van der Waals surface area contributed by atoms with Crippen LogP contribution in [0.4, 0.5) is 5.13 Å². The number of carbonyl (C=O) groups is 2. The first-order chi connectivity index (χ1) is 14.1. The van der Waals surface area contributed by atoms with Crippen LogP contribution in [0.3, 0.4) is 0 Å². The monoisotopic (exact) mass is 409 g/mol. The highest BCUT2D eigenvalue weighted by molar-refractivity contribution is 7.22. The van der Waals surface area contributed by atoms with Crippen molar-refractivity contribution in [2.24, 2.45) is 5.92 Å². The van der Waals surface area contributed by atoms with E-state index in [1.807, 2.05) is 55.5 Å². The Morgan fingerprint density at radius 2 is 2.07 bits per heavy atom. The number of nitrogens with zero attached hydrogens (tertiary/aromatic N) is 3. The molecular weight excluding hydrogens is 386 g/mol. The van der Waals surface area contributed by atoms with Gasteiger partial charge in [0.25, 0.3) is 0 Å². The lowest BCUT2D eigenvalue weighted by molar-refractivity contribution is -0.128. The van der Waals surface area contributed by atoms with E-state index < -0.39 is 0 Å². The fraction of sp³-hybridized carbons (Fsp3) is 0.318. The van der Waals surface area contributed by atoms with Crippen LogP contribution in [0.5, 0.6) is 5.75 Å². The molecule has 29 heavy (non-hydrogen) atoms. The molecule has 150 valence electrons. The van der Waals surface area contributed by atoms with Gasteiger partial charge in [-0.2, -0.15) is 0 Å². The molecule has 2 heterocycles. The topological polar surface area (TPSA) is 62.7 Å². The number of benzene rings is 2. The van der Waals surface area contributed by atoms with E-state index in [-0.39, 0.29) is 24.2 Å². The maximum absolute atomic E-state index is 13.4. The summed E-state index contributed by atoms with van der Waals surface area (Å²) in [5.74, 6) is 0.407. The lowest BCUT2D eigenvalue weighted by Gasteiger charge is -2.23. The van der Waals surface area contributed by atoms with Crippen LogP contribution < -0.4 is 9.64 Å². The van der Waals surface area contributed by atoms with Gasteiger partial charge in [-0.15, -0.1) is 0 Å². The SMILES string of the molecule is CCN1CC(C(=O)N(Cc2ccccc2)c2nc3ccc(OC)cc3s2)CC1=O. The Labute approximate surface area is 173 Å². The number of rotatable bonds is 6. The van der Waals surface area contributed by atoms with Gasteiger partial charge >= 0.3 is 0 Å². The first-order valence-electron chi connectivity index (χ1n) is 9.66. The van der Waals surface area contributed by atoms with Crippen LogP contribution in [-0.4, -0.2) is 41.9 Å². The molecule has 1 unspecified atom stereocenters. The number of fused-ring (bicyclic) bond motifs is 1. The third-order valence-corrected chi connectivity index (χ3v) is 6.25. The highest BCUT2D eigenvalue weighted by Crippen LogP contribution is 2.34. The molecule has 1 saturated heterocycles. The minimum Gasteiger partial charge on any atom is -0.497 e. The fourth-order valence-corrected chi connectivity index (χ4v) is 4.60. The van der Waals surface area contributed by atoms with Gasteiger partial charge in [0.05, 0.1) is 29.8 Å². The van der Waals surface area contributed by atoms with Crippen molar-refractivity contribution in [2.75, 3.05) is 25.1 Å². The summed E-state index contributed by atoms with van der Waals surface area (Å²) in [5, 5.41) is 0.643. The van der Waals surface area contributed by atoms with E-state index in [0.29, 0.717) is 24.8 Å². The van der Waals surface area contributed by atoms with Crippen molar-refractivity contribution in [1.82, 2.24) is 9.88 Å². The molecule has 2 aromatic carbocycles. The summed E-state index contributed by atoms with van der Waals surface area (Å²) < 4.78 is 6.27. The lowest BCUT2D eigenvalue weighted by atomic mass is 10.1. The molecule has 0 spiro atoms. The Kier molecular flexibility index (Phi) is 5.49. The van der Waals surface area contributed by atoms with E-state index >= 15 is 0 Å². The van der Waals surface area contributed by atoms with Crippen LogP contribution >= 0.6 is 11.3 Å². The normalized spacial score (nSPS) is 16.4. The Morgan fingerprint density at radius 1 is 1.28 bits per heavy atom. The minimum absolute atomic E-state index is 0.0412. The molecule has 3 aromatic rings. The van der Waals surface area contributed by atoms with Crippen molar-refractivity contribution in [3.8, 4) is 5.75 Å². The van der Waals surface area contributed by atoms with Gasteiger partial charge in [-0.05, 0) is 30.7 Å². The molecule has 0 aliphatic carbocycles. The average Bonchev–Trinajstić information content (AvgIpc) is 3.34. The lowest BCUT2D eigenvalue weighted by Crippen LogP contribution is -2.37. The van der Waals surface area contributed by atoms with Crippen molar-refractivity contribution in [3.63, 3.8) is 0 Å². The number of hydrogen-bond acceptors (Lipinski definition) is 5.